The molecule has 0 aliphatic rings. The number of hydrogen-bond donors (Lipinski definition) is 2. The summed E-state index contributed by atoms with van der Waals surface area (Å²) >= 11 is 0. The van der Waals surface area contributed by atoms with Crippen LogP contribution in [0.4, 0.5) is 0 Å². The standard InChI is InChI=1S/C7H17N3O/c1-3-4-5-10(2)6-7(11)9-8/h3-6,8H2,1-2H3,(H,9,11). The summed E-state index contributed by atoms with van der Waals surface area (Å²) in [7, 11) is 1.91. The highest BCUT2D eigenvalue weighted by atomic mass is 16.2. The van der Waals surface area contributed by atoms with E-state index < -0.39 is 0 Å². The lowest BCUT2D eigenvalue weighted by molar-refractivity contribution is -0.122. The molecule has 1 amide bonds. The van der Waals surface area contributed by atoms with Crippen LogP contribution in [0, 0.1) is 0 Å². The smallest absolute Gasteiger partial charge is 0.248 e. The van der Waals surface area contributed by atoms with Gasteiger partial charge in [0.15, 0.2) is 0 Å². The van der Waals surface area contributed by atoms with Crippen molar-refractivity contribution in [3.8, 4) is 0 Å². The molecule has 0 aliphatic carbocycles. The lowest BCUT2D eigenvalue weighted by atomic mass is 10.3. The summed E-state index contributed by atoms with van der Waals surface area (Å²) in [6.45, 7) is 3.46. The predicted molar refractivity (Wildman–Crippen MR) is 44.7 cm³/mol. The van der Waals surface area contributed by atoms with Gasteiger partial charge in [-0.25, -0.2) is 5.84 Å². The first kappa shape index (κ1) is 10.4. The molecule has 66 valence electrons. The number of unbranched alkanes of at least 4 members (excludes halogenated alkanes) is 1. The van der Waals surface area contributed by atoms with Gasteiger partial charge in [0.05, 0.1) is 6.54 Å². The molecule has 0 radical (unpaired) electrons. The zero-order valence-corrected chi connectivity index (χ0v) is 7.26. The van der Waals surface area contributed by atoms with Crippen LogP contribution in [0.1, 0.15) is 19.8 Å². The number of carbonyl (C=O) groups is 1. The normalized spacial score (nSPS) is 10.2. The zero-order valence-electron chi connectivity index (χ0n) is 7.26. The monoisotopic (exact) mass is 159 g/mol. The number of likely N-dealkylation sites (N-methyl/N-ethyl adjacent to an activating group) is 1. The molecular weight excluding hydrogens is 142 g/mol. The van der Waals surface area contributed by atoms with E-state index in [4.69, 9.17) is 5.84 Å². The van der Waals surface area contributed by atoms with Crippen molar-refractivity contribution in [2.45, 2.75) is 19.8 Å². The SMILES string of the molecule is CCCCN(C)CC(=O)NN. The van der Waals surface area contributed by atoms with E-state index >= 15 is 0 Å². The number of hydrogen-bond acceptors (Lipinski definition) is 3. The number of amides is 1. The van der Waals surface area contributed by atoms with Crippen molar-refractivity contribution in [1.29, 1.82) is 0 Å². The van der Waals surface area contributed by atoms with E-state index in [0.29, 0.717) is 6.54 Å². The first-order chi connectivity index (χ1) is 5.20. The number of rotatable bonds is 5. The average Bonchev–Trinajstić information content (AvgIpc) is 2.00. The van der Waals surface area contributed by atoms with Crippen LogP contribution >= 0.6 is 0 Å². The Labute approximate surface area is 67.7 Å². The van der Waals surface area contributed by atoms with Crippen LogP contribution in [-0.4, -0.2) is 30.9 Å². The van der Waals surface area contributed by atoms with E-state index in [1.807, 2.05) is 11.9 Å². The van der Waals surface area contributed by atoms with Crippen LogP contribution in [-0.2, 0) is 4.79 Å². The molecule has 0 aromatic carbocycles. The van der Waals surface area contributed by atoms with Crippen molar-refractivity contribution in [1.82, 2.24) is 10.3 Å². The molecule has 0 saturated carbocycles. The van der Waals surface area contributed by atoms with E-state index in [9.17, 15) is 4.79 Å². The Kier molecular flexibility index (Phi) is 5.78. The summed E-state index contributed by atoms with van der Waals surface area (Å²) < 4.78 is 0. The average molecular weight is 159 g/mol. The molecule has 0 atom stereocenters. The number of nitrogens with zero attached hydrogens (tertiary/aromatic N) is 1. The molecule has 0 bridgehead atoms. The van der Waals surface area contributed by atoms with Crippen molar-refractivity contribution in [2.75, 3.05) is 20.1 Å². The zero-order chi connectivity index (χ0) is 8.69. The highest BCUT2D eigenvalue weighted by Crippen LogP contribution is 1.90. The third kappa shape index (κ3) is 5.82. The summed E-state index contributed by atoms with van der Waals surface area (Å²) in [6, 6.07) is 0. The molecule has 0 fully saturated rings. The van der Waals surface area contributed by atoms with Gasteiger partial charge in [0.25, 0.3) is 0 Å². The van der Waals surface area contributed by atoms with Crippen molar-refractivity contribution in [2.24, 2.45) is 5.84 Å². The molecule has 11 heavy (non-hydrogen) atoms. The van der Waals surface area contributed by atoms with Gasteiger partial charge >= 0.3 is 0 Å². The largest absolute Gasteiger partial charge is 0.298 e. The molecule has 4 heteroatoms. The van der Waals surface area contributed by atoms with Gasteiger partial charge in [-0.1, -0.05) is 13.3 Å². The van der Waals surface area contributed by atoms with Gasteiger partial charge in [0.2, 0.25) is 5.91 Å². The van der Waals surface area contributed by atoms with E-state index in [2.05, 4.69) is 12.3 Å². The third-order valence-corrected chi connectivity index (χ3v) is 1.47. The maximum atomic E-state index is 10.7. The van der Waals surface area contributed by atoms with Gasteiger partial charge in [-0.15, -0.1) is 0 Å². The molecule has 0 spiro atoms. The van der Waals surface area contributed by atoms with Gasteiger partial charge in [0.1, 0.15) is 0 Å². The number of hydrazine groups is 1. The molecule has 0 aromatic rings. The molecule has 0 aromatic heterocycles. The van der Waals surface area contributed by atoms with Crippen molar-refractivity contribution in [3.05, 3.63) is 0 Å². The Bertz CT molecular complexity index is 116. The second-order valence-electron chi connectivity index (χ2n) is 2.66. The molecule has 3 N–H and O–H groups in total. The van der Waals surface area contributed by atoms with Gasteiger partial charge < -0.3 is 0 Å². The van der Waals surface area contributed by atoms with Gasteiger partial charge in [-0.2, -0.15) is 0 Å². The van der Waals surface area contributed by atoms with Crippen molar-refractivity contribution in [3.63, 3.8) is 0 Å². The summed E-state index contributed by atoms with van der Waals surface area (Å²) in [4.78, 5) is 12.7. The maximum absolute atomic E-state index is 10.7. The molecule has 0 unspecified atom stereocenters. The number of nitrogens with two attached hydrogens (primary N) is 1. The first-order valence-corrected chi connectivity index (χ1v) is 3.88. The van der Waals surface area contributed by atoms with Crippen LogP contribution in [0.5, 0.6) is 0 Å². The van der Waals surface area contributed by atoms with E-state index in [1.54, 1.807) is 0 Å². The minimum absolute atomic E-state index is 0.136. The van der Waals surface area contributed by atoms with Gasteiger partial charge in [0, 0.05) is 0 Å². The lowest BCUT2D eigenvalue weighted by Gasteiger charge is -2.13. The van der Waals surface area contributed by atoms with Crippen molar-refractivity contribution < 1.29 is 4.79 Å². The van der Waals surface area contributed by atoms with E-state index in [-0.39, 0.29) is 5.91 Å². The molecule has 0 heterocycles. The minimum Gasteiger partial charge on any atom is -0.298 e. The van der Waals surface area contributed by atoms with Crippen LogP contribution < -0.4 is 11.3 Å². The molecule has 0 aliphatic heterocycles. The van der Waals surface area contributed by atoms with Crippen LogP contribution in [0.3, 0.4) is 0 Å². The summed E-state index contributed by atoms with van der Waals surface area (Å²) in [6.07, 6.45) is 2.27. The Hall–Kier alpha value is -0.610. The first-order valence-electron chi connectivity index (χ1n) is 3.88. The maximum Gasteiger partial charge on any atom is 0.248 e. The number of carbonyl (C=O) groups excluding carboxylic acids is 1. The van der Waals surface area contributed by atoms with Gasteiger partial charge in [-0.05, 0) is 20.0 Å². The fraction of sp³-hybridized carbons (Fsp3) is 0.857. The molecule has 0 saturated heterocycles. The topological polar surface area (TPSA) is 58.4 Å². The Balaban J connectivity index is 3.35. The highest BCUT2D eigenvalue weighted by Gasteiger charge is 2.02. The highest BCUT2D eigenvalue weighted by molar-refractivity contribution is 5.77. The fourth-order valence-corrected chi connectivity index (χ4v) is 0.798. The summed E-state index contributed by atoms with van der Waals surface area (Å²) in [5, 5.41) is 0. The fourth-order valence-electron chi connectivity index (χ4n) is 0.798. The van der Waals surface area contributed by atoms with E-state index in [0.717, 1.165) is 19.4 Å². The van der Waals surface area contributed by atoms with Crippen LogP contribution in [0.2, 0.25) is 0 Å². The summed E-state index contributed by atoms with van der Waals surface area (Å²) in [5.41, 5.74) is 2.09. The summed E-state index contributed by atoms with van der Waals surface area (Å²) in [5.74, 6) is 4.79. The van der Waals surface area contributed by atoms with Crippen LogP contribution in [0.15, 0.2) is 0 Å². The van der Waals surface area contributed by atoms with Gasteiger partial charge in [-0.3, -0.25) is 15.1 Å². The second kappa shape index (κ2) is 6.12. The second-order valence-corrected chi connectivity index (χ2v) is 2.66. The lowest BCUT2D eigenvalue weighted by Crippen LogP contribution is -2.39. The van der Waals surface area contributed by atoms with E-state index in [1.165, 1.54) is 0 Å². The third-order valence-electron chi connectivity index (χ3n) is 1.47. The molecule has 4 nitrogen and oxygen atoms in total. The van der Waals surface area contributed by atoms with Crippen molar-refractivity contribution >= 4 is 5.91 Å². The quantitative estimate of drug-likeness (QED) is 0.329. The number of nitrogens with one attached hydrogen (secondary N) is 1. The minimum atomic E-state index is -0.136. The molecular formula is C7H17N3O. The molecule has 0 rings (SSSR count). The Morgan fingerprint density at radius 3 is 2.73 bits per heavy atom. The van der Waals surface area contributed by atoms with Crippen LogP contribution in [0.25, 0.3) is 0 Å². The Morgan fingerprint density at radius 2 is 2.27 bits per heavy atom. The Morgan fingerprint density at radius 1 is 1.64 bits per heavy atom. The predicted octanol–water partition coefficient (Wildman–Crippen LogP) is -0.292.